The minimum Gasteiger partial charge on any atom is -0.497 e. The van der Waals surface area contributed by atoms with E-state index in [1.807, 2.05) is 86.6 Å². The Morgan fingerprint density at radius 3 is 2.36 bits per heavy atom. The quantitative estimate of drug-likeness (QED) is 0.388. The first-order valence-electron chi connectivity index (χ1n) is 11.2. The van der Waals surface area contributed by atoms with Crippen LogP contribution < -0.4 is 10.1 Å². The van der Waals surface area contributed by atoms with Gasteiger partial charge in [-0.1, -0.05) is 48.0 Å². The first kappa shape index (κ1) is 22.3. The topological polar surface area (TPSA) is 56.1 Å². The third-order valence-electron chi connectivity index (χ3n) is 5.69. The van der Waals surface area contributed by atoms with E-state index < -0.39 is 0 Å². The molecule has 1 atom stereocenters. The average Bonchev–Trinajstić information content (AvgIpc) is 3.30. The summed E-state index contributed by atoms with van der Waals surface area (Å²) in [4.78, 5) is 13.3. The van der Waals surface area contributed by atoms with Gasteiger partial charge in [-0.05, 0) is 74.7 Å². The smallest absolute Gasteiger partial charge is 0.270 e. The van der Waals surface area contributed by atoms with E-state index in [0.29, 0.717) is 5.69 Å². The van der Waals surface area contributed by atoms with E-state index in [1.165, 1.54) is 5.56 Å². The second-order valence-electron chi connectivity index (χ2n) is 8.29. The van der Waals surface area contributed by atoms with E-state index in [0.717, 1.165) is 41.1 Å². The van der Waals surface area contributed by atoms with Gasteiger partial charge in [0.15, 0.2) is 0 Å². The molecule has 0 radical (unpaired) electrons. The van der Waals surface area contributed by atoms with E-state index in [9.17, 15) is 4.79 Å². The second kappa shape index (κ2) is 10.2. The molecule has 1 unspecified atom stereocenters. The first-order valence-corrected chi connectivity index (χ1v) is 11.2. The predicted octanol–water partition coefficient (Wildman–Crippen LogP) is 5.61. The number of ether oxygens (including phenoxy) is 1. The van der Waals surface area contributed by atoms with Gasteiger partial charge < -0.3 is 10.1 Å². The number of hydrogen-bond donors (Lipinski definition) is 1. The normalized spacial score (nSPS) is 11.7. The Kier molecular flexibility index (Phi) is 6.89. The van der Waals surface area contributed by atoms with Gasteiger partial charge in [0.05, 0.1) is 18.5 Å². The number of aryl methyl sites for hydroxylation is 2. The van der Waals surface area contributed by atoms with Crippen LogP contribution in [0.1, 0.15) is 35.0 Å². The molecule has 1 N–H and O–H groups in total. The molecule has 3 aromatic carbocycles. The zero-order valence-electron chi connectivity index (χ0n) is 19.3. The largest absolute Gasteiger partial charge is 0.497 e. The van der Waals surface area contributed by atoms with Crippen molar-refractivity contribution in [3.05, 3.63) is 102 Å². The van der Waals surface area contributed by atoms with E-state index >= 15 is 0 Å². The number of carbonyl (C=O) groups excluding carboxylic acids is 1. The molecule has 168 valence electrons. The molecule has 0 saturated heterocycles. The molecule has 0 spiro atoms. The zero-order valence-corrected chi connectivity index (χ0v) is 19.3. The summed E-state index contributed by atoms with van der Waals surface area (Å²) in [5.74, 6) is 0.644. The van der Waals surface area contributed by atoms with E-state index in [2.05, 4.69) is 17.4 Å². The minimum atomic E-state index is -0.136. The van der Waals surface area contributed by atoms with E-state index in [-0.39, 0.29) is 11.9 Å². The van der Waals surface area contributed by atoms with Crippen molar-refractivity contribution >= 4 is 5.91 Å². The number of methoxy groups -OCH3 is 1. The van der Waals surface area contributed by atoms with Gasteiger partial charge in [-0.15, -0.1) is 0 Å². The van der Waals surface area contributed by atoms with Crippen LogP contribution in [-0.2, 0) is 6.42 Å². The van der Waals surface area contributed by atoms with E-state index in [1.54, 1.807) is 11.8 Å². The third-order valence-corrected chi connectivity index (χ3v) is 5.69. The van der Waals surface area contributed by atoms with Crippen molar-refractivity contribution in [2.24, 2.45) is 0 Å². The van der Waals surface area contributed by atoms with Gasteiger partial charge >= 0.3 is 0 Å². The number of hydrogen-bond acceptors (Lipinski definition) is 3. The molecule has 0 aliphatic carbocycles. The lowest BCUT2D eigenvalue weighted by atomic mass is 10.1. The van der Waals surface area contributed by atoms with Gasteiger partial charge in [0, 0.05) is 11.6 Å². The lowest BCUT2D eigenvalue weighted by molar-refractivity contribution is 0.0930. The van der Waals surface area contributed by atoms with Gasteiger partial charge in [-0.3, -0.25) is 4.79 Å². The molecule has 1 amide bonds. The summed E-state index contributed by atoms with van der Waals surface area (Å²) in [5.41, 5.74) is 5.44. The number of rotatable bonds is 8. The Labute approximate surface area is 195 Å². The number of amides is 1. The van der Waals surface area contributed by atoms with Crippen molar-refractivity contribution in [3.63, 3.8) is 0 Å². The number of carbonyl (C=O) groups is 1. The molecule has 0 aliphatic rings. The van der Waals surface area contributed by atoms with Gasteiger partial charge in [-0.25, -0.2) is 4.68 Å². The highest BCUT2D eigenvalue weighted by Gasteiger charge is 2.19. The molecule has 1 aromatic heterocycles. The van der Waals surface area contributed by atoms with Crippen LogP contribution in [0.25, 0.3) is 16.9 Å². The molecular weight excluding hydrogens is 410 g/mol. The lowest BCUT2D eigenvalue weighted by Gasteiger charge is -2.15. The summed E-state index contributed by atoms with van der Waals surface area (Å²) in [6.07, 6.45) is 1.77. The Balaban J connectivity index is 1.58. The molecule has 0 saturated carbocycles. The highest BCUT2D eigenvalue weighted by atomic mass is 16.5. The van der Waals surface area contributed by atoms with Crippen molar-refractivity contribution in [3.8, 4) is 22.7 Å². The highest BCUT2D eigenvalue weighted by molar-refractivity contribution is 5.94. The summed E-state index contributed by atoms with van der Waals surface area (Å²) in [7, 11) is 1.64. The molecular formula is C28H29N3O2. The first-order chi connectivity index (χ1) is 16.0. The SMILES string of the molecule is COc1ccc(-c2cc(C(=O)NC(C)CCc3ccccc3)n(-c3ccc(C)cc3)n2)cc1. The highest BCUT2D eigenvalue weighted by Crippen LogP contribution is 2.24. The predicted molar refractivity (Wildman–Crippen MR) is 132 cm³/mol. The molecule has 0 bridgehead atoms. The maximum absolute atomic E-state index is 13.3. The maximum Gasteiger partial charge on any atom is 0.270 e. The monoisotopic (exact) mass is 439 g/mol. The van der Waals surface area contributed by atoms with Crippen LogP contribution in [0.4, 0.5) is 0 Å². The van der Waals surface area contributed by atoms with Crippen molar-refractivity contribution in [1.82, 2.24) is 15.1 Å². The van der Waals surface area contributed by atoms with Crippen LogP contribution in [-0.4, -0.2) is 28.8 Å². The van der Waals surface area contributed by atoms with Crippen LogP contribution in [0.15, 0.2) is 84.9 Å². The fraction of sp³-hybridized carbons (Fsp3) is 0.214. The van der Waals surface area contributed by atoms with Crippen molar-refractivity contribution in [2.75, 3.05) is 7.11 Å². The Morgan fingerprint density at radius 2 is 1.70 bits per heavy atom. The Hall–Kier alpha value is -3.86. The van der Waals surface area contributed by atoms with Crippen LogP contribution in [0.2, 0.25) is 0 Å². The summed E-state index contributed by atoms with van der Waals surface area (Å²) in [6.45, 7) is 4.08. The second-order valence-corrected chi connectivity index (χ2v) is 8.29. The maximum atomic E-state index is 13.3. The molecule has 5 nitrogen and oxygen atoms in total. The lowest BCUT2D eigenvalue weighted by Crippen LogP contribution is -2.34. The van der Waals surface area contributed by atoms with E-state index in [4.69, 9.17) is 9.84 Å². The fourth-order valence-corrected chi connectivity index (χ4v) is 3.73. The van der Waals surface area contributed by atoms with Crippen LogP contribution in [0.5, 0.6) is 5.75 Å². The molecule has 5 heteroatoms. The minimum absolute atomic E-state index is 0.0310. The van der Waals surface area contributed by atoms with Crippen molar-refractivity contribution in [2.45, 2.75) is 32.7 Å². The molecule has 4 aromatic rings. The summed E-state index contributed by atoms with van der Waals surface area (Å²) >= 11 is 0. The fourth-order valence-electron chi connectivity index (χ4n) is 3.73. The molecule has 0 fully saturated rings. The Bertz CT molecular complexity index is 1200. The molecule has 4 rings (SSSR count). The summed E-state index contributed by atoms with van der Waals surface area (Å²) in [6, 6.07) is 27.9. The zero-order chi connectivity index (χ0) is 23.2. The third kappa shape index (κ3) is 5.50. The average molecular weight is 440 g/mol. The number of nitrogens with one attached hydrogen (secondary N) is 1. The standard InChI is InChI=1S/C28H29N3O2/c1-20-9-15-24(16-10-20)31-27(19-26(30-31)23-13-17-25(33-3)18-14-23)28(32)29-21(2)11-12-22-7-5-4-6-8-22/h4-10,13-19,21H,11-12H2,1-3H3,(H,29,32). The van der Waals surface area contributed by atoms with Gasteiger partial charge in [-0.2, -0.15) is 5.10 Å². The molecule has 33 heavy (non-hydrogen) atoms. The van der Waals surface area contributed by atoms with Crippen molar-refractivity contribution in [1.29, 1.82) is 0 Å². The van der Waals surface area contributed by atoms with Gasteiger partial charge in [0.1, 0.15) is 11.4 Å². The number of benzene rings is 3. The van der Waals surface area contributed by atoms with Crippen LogP contribution in [0, 0.1) is 6.92 Å². The summed E-state index contributed by atoms with van der Waals surface area (Å²) in [5, 5.41) is 7.92. The molecule has 1 heterocycles. The summed E-state index contributed by atoms with van der Waals surface area (Å²) < 4.78 is 6.98. The van der Waals surface area contributed by atoms with Crippen LogP contribution >= 0.6 is 0 Å². The van der Waals surface area contributed by atoms with Crippen molar-refractivity contribution < 1.29 is 9.53 Å². The number of aromatic nitrogens is 2. The number of nitrogens with zero attached hydrogens (tertiary/aromatic N) is 2. The van der Waals surface area contributed by atoms with Gasteiger partial charge in [0.2, 0.25) is 0 Å². The Morgan fingerprint density at radius 1 is 1.00 bits per heavy atom. The van der Waals surface area contributed by atoms with Crippen LogP contribution in [0.3, 0.4) is 0 Å². The van der Waals surface area contributed by atoms with Gasteiger partial charge in [0.25, 0.3) is 5.91 Å². The molecule has 0 aliphatic heterocycles.